The van der Waals surface area contributed by atoms with Gasteiger partial charge >= 0.3 is 6.09 Å². The number of nitrogens with two attached hydrogens (primary N) is 1. The molecule has 1 aromatic carbocycles. The van der Waals surface area contributed by atoms with Gasteiger partial charge in [-0.1, -0.05) is 0 Å². The molecular formula is C15H13F2N3O2. The lowest BCUT2D eigenvalue weighted by molar-refractivity contribution is 0.145. The molecule has 114 valence electrons. The number of aromatic nitrogens is 1. The number of hydrogen-bond donors (Lipinski definition) is 1. The third kappa shape index (κ3) is 2.50. The van der Waals surface area contributed by atoms with Crippen molar-refractivity contribution in [2.75, 3.05) is 18.0 Å². The second-order valence-electron chi connectivity index (χ2n) is 4.87. The van der Waals surface area contributed by atoms with Crippen LogP contribution in [-0.4, -0.2) is 30.3 Å². The standard InChI is InChI=1S/C15H13F2N3O2/c16-12-5-10(20-8-11(7-18)22-15(20)21)6-13(17)14(12)9-1-3-19-4-2-9/h1-6,11H,7-8,18H2. The first-order chi connectivity index (χ1) is 10.6. The van der Waals surface area contributed by atoms with Crippen LogP contribution >= 0.6 is 0 Å². The number of rotatable bonds is 3. The van der Waals surface area contributed by atoms with Crippen LogP contribution in [0.5, 0.6) is 0 Å². The first-order valence-electron chi connectivity index (χ1n) is 6.68. The van der Waals surface area contributed by atoms with Crippen molar-refractivity contribution in [3.63, 3.8) is 0 Å². The molecular weight excluding hydrogens is 292 g/mol. The Labute approximate surface area is 125 Å². The molecule has 7 heteroatoms. The summed E-state index contributed by atoms with van der Waals surface area (Å²) in [6.07, 6.45) is 1.77. The number of hydrogen-bond acceptors (Lipinski definition) is 4. The van der Waals surface area contributed by atoms with Crippen LogP contribution in [0.1, 0.15) is 0 Å². The van der Waals surface area contributed by atoms with Gasteiger partial charge in [0, 0.05) is 18.9 Å². The zero-order chi connectivity index (χ0) is 15.7. The molecule has 1 atom stereocenters. The van der Waals surface area contributed by atoms with E-state index < -0.39 is 23.8 Å². The van der Waals surface area contributed by atoms with Crippen LogP contribution in [-0.2, 0) is 4.74 Å². The monoisotopic (exact) mass is 305 g/mol. The number of benzene rings is 1. The number of cyclic esters (lactones) is 1. The molecule has 0 aliphatic carbocycles. The van der Waals surface area contributed by atoms with Crippen LogP contribution in [0.25, 0.3) is 11.1 Å². The Morgan fingerprint density at radius 2 is 1.91 bits per heavy atom. The van der Waals surface area contributed by atoms with Gasteiger partial charge in [0.05, 0.1) is 17.8 Å². The molecule has 0 bridgehead atoms. The summed E-state index contributed by atoms with van der Waals surface area (Å²) < 4.78 is 33.6. The largest absolute Gasteiger partial charge is 0.443 e. The highest BCUT2D eigenvalue weighted by Crippen LogP contribution is 2.31. The molecule has 3 rings (SSSR count). The van der Waals surface area contributed by atoms with E-state index in [0.717, 1.165) is 12.1 Å². The van der Waals surface area contributed by atoms with Crippen LogP contribution in [0.2, 0.25) is 0 Å². The van der Waals surface area contributed by atoms with E-state index in [1.54, 1.807) is 0 Å². The minimum absolute atomic E-state index is 0.105. The van der Waals surface area contributed by atoms with Crippen molar-refractivity contribution in [2.45, 2.75) is 6.10 Å². The van der Waals surface area contributed by atoms with Crippen LogP contribution in [0.15, 0.2) is 36.7 Å². The summed E-state index contributed by atoms with van der Waals surface area (Å²) in [4.78, 5) is 16.7. The van der Waals surface area contributed by atoms with E-state index in [9.17, 15) is 13.6 Å². The summed E-state index contributed by atoms with van der Waals surface area (Å²) in [5, 5.41) is 0. The van der Waals surface area contributed by atoms with Gasteiger partial charge in [0.2, 0.25) is 0 Å². The van der Waals surface area contributed by atoms with E-state index in [1.807, 2.05) is 0 Å². The highest BCUT2D eigenvalue weighted by molar-refractivity contribution is 5.90. The number of amides is 1. The Bertz CT molecular complexity index is 686. The topological polar surface area (TPSA) is 68.5 Å². The molecule has 22 heavy (non-hydrogen) atoms. The number of anilines is 1. The van der Waals surface area contributed by atoms with Gasteiger partial charge in [0.1, 0.15) is 17.7 Å². The molecule has 2 N–H and O–H groups in total. The Kier molecular flexibility index (Phi) is 3.72. The summed E-state index contributed by atoms with van der Waals surface area (Å²) in [6.45, 7) is 0.325. The molecule has 1 aliphatic heterocycles. The fraction of sp³-hybridized carbons (Fsp3) is 0.200. The third-order valence-corrected chi connectivity index (χ3v) is 3.44. The number of halogens is 2. The number of carbonyl (C=O) groups excluding carboxylic acids is 1. The van der Waals surface area contributed by atoms with Crippen molar-refractivity contribution in [2.24, 2.45) is 5.73 Å². The number of carbonyl (C=O) groups is 1. The lowest BCUT2D eigenvalue weighted by Gasteiger charge is -2.15. The Hall–Kier alpha value is -2.54. The lowest BCUT2D eigenvalue weighted by atomic mass is 10.0. The summed E-state index contributed by atoms with van der Waals surface area (Å²) in [5.74, 6) is -1.52. The van der Waals surface area contributed by atoms with E-state index in [4.69, 9.17) is 10.5 Å². The highest BCUT2D eigenvalue weighted by atomic mass is 19.1. The van der Waals surface area contributed by atoms with E-state index in [2.05, 4.69) is 4.98 Å². The second kappa shape index (κ2) is 5.69. The predicted molar refractivity (Wildman–Crippen MR) is 76.3 cm³/mol. The number of pyridine rings is 1. The zero-order valence-electron chi connectivity index (χ0n) is 11.5. The molecule has 0 saturated carbocycles. The summed E-state index contributed by atoms with van der Waals surface area (Å²) >= 11 is 0. The molecule has 5 nitrogen and oxygen atoms in total. The summed E-state index contributed by atoms with van der Waals surface area (Å²) in [5.41, 5.74) is 5.76. The molecule has 1 aromatic heterocycles. The maximum atomic E-state index is 14.3. The maximum absolute atomic E-state index is 14.3. The van der Waals surface area contributed by atoms with Gasteiger partial charge in [0.25, 0.3) is 0 Å². The Morgan fingerprint density at radius 1 is 1.27 bits per heavy atom. The van der Waals surface area contributed by atoms with Gasteiger partial charge in [-0.05, 0) is 29.8 Å². The molecule has 2 aromatic rings. The smallest absolute Gasteiger partial charge is 0.414 e. The molecule has 2 heterocycles. The minimum Gasteiger partial charge on any atom is -0.443 e. The lowest BCUT2D eigenvalue weighted by Crippen LogP contribution is -2.27. The van der Waals surface area contributed by atoms with Gasteiger partial charge in [-0.3, -0.25) is 9.88 Å². The molecule has 1 saturated heterocycles. The minimum atomic E-state index is -0.759. The van der Waals surface area contributed by atoms with E-state index in [-0.39, 0.29) is 24.3 Å². The molecule has 1 fully saturated rings. The number of nitrogens with zero attached hydrogens (tertiary/aromatic N) is 2. The molecule has 0 spiro atoms. The zero-order valence-corrected chi connectivity index (χ0v) is 11.5. The Morgan fingerprint density at radius 3 is 2.45 bits per heavy atom. The quantitative estimate of drug-likeness (QED) is 0.945. The maximum Gasteiger partial charge on any atom is 0.414 e. The van der Waals surface area contributed by atoms with Crippen LogP contribution < -0.4 is 10.6 Å². The van der Waals surface area contributed by atoms with E-state index >= 15 is 0 Å². The fourth-order valence-electron chi connectivity index (χ4n) is 2.37. The Balaban J connectivity index is 1.98. The van der Waals surface area contributed by atoms with Crippen molar-refractivity contribution < 1.29 is 18.3 Å². The average Bonchev–Trinajstić information content (AvgIpc) is 2.89. The molecule has 1 unspecified atom stereocenters. The van der Waals surface area contributed by atoms with Crippen molar-refractivity contribution >= 4 is 11.8 Å². The predicted octanol–water partition coefficient (Wildman–Crippen LogP) is 2.31. The van der Waals surface area contributed by atoms with Crippen molar-refractivity contribution in [1.82, 2.24) is 4.98 Å². The van der Waals surface area contributed by atoms with Gasteiger partial charge in [-0.15, -0.1) is 0 Å². The summed E-state index contributed by atoms with van der Waals surface area (Å²) in [7, 11) is 0. The van der Waals surface area contributed by atoms with E-state index in [0.29, 0.717) is 5.56 Å². The van der Waals surface area contributed by atoms with Crippen molar-refractivity contribution in [1.29, 1.82) is 0 Å². The first kappa shape index (κ1) is 14.4. The van der Waals surface area contributed by atoms with Crippen LogP contribution in [0.3, 0.4) is 0 Å². The normalized spacial score (nSPS) is 17.7. The third-order valence-electron chi connectivity index (χ3n) is 3.44. The molecule has 1 aliphatic rings. The van der Waals surface area contributed by atoms with Crippen molar-refractivity contribution in [3.05, 3.63) is 48.3 Å². The second-order valence-corrected chi connectivity index (χ2v) is 4.87. The van der Waals surface area contributed by atoms with Crippen molar-refractivity contribution in [3.8, 4) is 11.1 Å². The van der Waals surface area contributed by atoms with E-state index in [1.165, 1.54) is 29.4 Å². The molecule has 0 radical (unpaired) electrons. The van der Waals surface area contributed by atoms with Gasteiger partial charge in [0.15, 0.2) is 0 Å². The SMILES string of the molecule is NCC1CN(c2cc(F)c(-c3ccncc3)c(F)c2)C(=O)O1. The first-order valence-corrected chi connectivity index (χ1v) is 6.68. The van der Waals surface area contributed by atoms with Gasteiger partial charge in [-0.25, -0.2) is 13.6 Å². The highest BCUT2D eigenvalue weighted by Gasteiger charge is 2.32. The van der Waals surface area contributed by atoms with Crippen LogP contribution in [0, 0.1) is 11.6 Å². The van der Waals surface area contributed by atoms with Gasteiger partial charge < -0.3 is 10.5 Å². The average molecular weight is 305 g/mol. The fourth-order valence-corrected chi connectivity index (χ4v) is 2.37. The van der Waals surface area contributed by atoms with Gasteiger partial charge in [-0.2, -0.15) is 0 Å². The number of ether oxygens (including phenoxy) is 1. The molecule has 1 amide bonds. The summed E-state index contributed by atoms with van der Waals surface area (Å²) in [6, 6.07) is 5.24. The van der Waals surface area contributed by atoms with Crippen LogP contribution in [0.4, 0.5) is 19.3 Å².